The van der Waals surface area contributed by atoms with Gasteiger partial charge in [0.25, 0.3) is 0 Å². The lowest BCUT2D eigenvalue weighted by atomic mass is 10.4. The van der Waals surface area contributed by atoms with Crippen LogP contribution in [0.2, 0.25) is 0 Å². The van der Waals surface area contributed by atoms with Crippen LogP contribution in [0.15, 0.2) is 12.2 Å². The zero-order valence-corrected chi connectivity index (χ0v) is 4.50. The molecule has 0 aromatic heterocycles. The van der Waals surface area contributed by atoms with E-state index >= 15 is 0 Å². The highest BCUT2D eigenvalue weighted by atomic mass is 16.4. The van der Waals surface area contributed by atoms with Crippen LogP contribution >= 0.6 is 0 Å². The summed E-state index contributed by atoms with van der Waals surface area (Å²) >= 11 is 0. The number of carboxylic acid groups (broad SMARTS) is 1. The zero-order chi connectivity index (χ0) is 6.41. The SMILES string of the molecule is NCC=CCC(=O)O. The fourth-order valence-corrected chi connectivity index (χ4v) is 0.280. The van der Waals surface area contributed by atoms with Crippen molar-refractivity contribution >= 4 is 5.97 Å². The van der Waals surface area contributed by atoms with E-state index < -0.39 is 5.97 Å². The molecule has 0 aromatic rings. The molecule has 0 unspecified atom stereocenters. The van der Waals surface area contributed by atoms with E-state index in [-0.39, 0.29) is 6.42 Å². The molecule has 0 rings (SSSR count). The normalized spacial score (nSPS) is 10.1. The van der Waals surface area contributed by atoms with Crippen molar-refractivity contribution in [2.24, 2.45) is 5.73 Å². The number of nitrogens with two attached hydrogens (primary N) is 1. The van der Waals surface area contributed by atoms with E-state index in [0.717, 1.165) is 0 Å². The highest BCUT2D eigenvalue weighted by molar-refractivity contribution is 5.68. The van der Waals surface area contributed by atoms with Crippen molar-refractivity contribution in [2.75, 3.05) is 6.54 Å². The second-order valence-electron chi connectivity index (χ2n) is 1.30. The fourth-order valence-electron chi connectivity index (χ4n) is 0.280. The van der Waals surface area contributed by atoms with E-state index in [9.17, 15) is 4.79 Å². The minimum Gasteiger partial charge on any atom is -0.481 e. The quantitative estimate of drug-likeness (QED) is 0.508. The van der Waals surface area contributed by atoms with E-state index in [1.54, 1.807) is 6.08 Å². The lowest BCUT2D eigenvalue weighted by Gasteiger charge is -1.80. The molecule has 0 saturated carbocycles. The highest BCUT2D eigenvalue weighted by Gasteiger charge is 1.86. The molecule has 0 spiro atoms. The van der Waals surface area contributed by atoms with Gasteiger partial charge in [-0.3, -0.25) is 4.79 Å². The molecule has 0 radical (unpaired) electrons. The molecule has 3 N–H and O–H groups in total. The highest BCUT2D eigenvalue weighted by Crippen LogP contribution is 1.79. The Morgan fingerprint density at radius 2 is 2.25 bits per heavy atom. The summed E-state index contributed by atoms with van der Waals surface area (Å²) in [6, 6.07) is 0. The molecular weight excluding hydrogens is 106 g/mol. The van der Waals surface area contributed by atoms with Crippen LogP contribution < -0.4 is 5.73 Å². The van der Waals surface area contributed by atoms with E-state index in [4.69, 9.17) is 10.8 Å². The van der Waals surface area contributed by atoms with E-state index in [1.165, 1.54) is 6.08 Å². The second-order valence-corrected chi connectivity index (χ2v) is 1.30. The average Bonchev–Trinajstić information content (AvgIpc) is 1.66. The lowest BCUT2D eigenvalue weighted by molar-refractivity contribution is -0.136. The zero-order valence-electron chi connectivity index (χ0n) is 4.50. The standard InChI is InChI=1S/C5H9NO2/c6-4-2-1-3-5(7)8/h1-2H,3-4,6H2,(H,7,8). The Labute approximate surface area is 47.8 Å². The van der Waals surface area contributed by atoms with Crippen molar-refractivity contribution in [3.05, 3.63) is 12.2 Å². The smallest absolute Gasteiger partial charge is 0.307 e. The van der Waals surface area contributed by atoms with Gasteiger partial charge in [-0.15, -0.1) is 0 Å². The van der Waals surface area contributed by atoms with Crippen LogP contribution in [0.1, 0.15) is 6.42 Å². The fraction of sp³-hybridized carbons (Fsp3) is 0.400. The maximum Gasteiger partial charge on any atom is 0.307 e. The minimum absolute atomic E-state index is 0.0667. The Morgan fingerprint density at radius 1 is 1.62 bits per heavy atom. The Kier molecular flexibility index (Phi) is 3.88. The molecule has 8 heavy (non-hydrogen) atoms. The Morgan fingerprint density at radius 3 is 2.62 bits per heavy atom. The monoisotopic (exact) mass is 115 g/mol. The molecule has 0 saturated heterocycles. The molecule has 0 aliphatic rings. The molecule has 46 valence electrons. The number of aliphatic carboxylic acids is 1. The van der Waals surface area contributed by atoms with Gasteiger partial charge < -0.3 is 10.8 Å². The molecule has 0 aromatic carbocycles. The third kappa shape index (κ3) is 5.17. The number of carbonyl (C=O) groups is 1. The van der Waals surface area contributed by atoms with Gasteiger partial charge in [-0.05, 0) is 0 Å². The van der Waals surface area contributed by atoms with Crippen LogP contribution in [0.5, 0.6) is 0 Å². The Balaban J connectivity index is 3.16. The summed E-state index contributed by atoms with van der Waals surface area (Å²) in [5.41, 5.74) is 5.03. The number of carboxylic acids is 1. The predicted octanol–water partition coefficient (Wildman–Crippen LogP) is -0.0240. The Bertz CT molecular complexity index is 98.6. The largest absolute Gasteiger partial charge is 0.481 e. The molecule has 0 aliphatic carbocycles. The van der Waals surface area contributed by atoms with Crippen molar-refractivity contribution in [1.29, 1.82) is 0 Å². The molecule has 0 amide bonds. The molecule has 0 aliphatic heterocycles. The topological polar surface area (TPSA) is 63.3 Å². The van der Waals surface area contributed by atoms with Gasteiger partial charge in [-0.2, -0.15) is 0 Å². The summed E-state index contributed by atoms with van der Waals surface area (Å²) in [6.45, 7) is 0.410. The first-order chi connectivity index (χ1) is 3.77. The summed E-state index contributed by atoms with van der Waals surface area (Å²) in [5.74, 6) is -0.824. The summed E-state index contributed by atoms with van der Waals surface area (Å²) < 4.78 is 0. The van der Waals surface area contributed by atoms with Gasteiger partial charge in [0, 0.05) is 6.54 Å². The van der Waals surface area contributed by atoms with Crippen LogP contribution in [0.3, 0.4) is 0 Å². The molecule has 3 heteroatoms. The lowest BCUT2D eigenvalue weighted by Crippen LogP contribution is -1.94. The molecule has 3 nitrogen and oxygen atoms in total. The summed E-state index contributed by atoms with van der Waals surface area (Å²) in [7, 11) is 0. The predicted molar refractivity (Wildman–Crippen MR) is 30.4 cm³/mol. The summed E-state index contributed by atoms with van der Waals surface area (Å²) in [6.07, 6.45) is 3.22. The van der Waals surface area contributed by atoms with Crippen LogP contribution in [0.4, 0.5) is 0 Å². The van der Waals surface area contributed by atoms with E-state index in [0.29, 0.717) is 6.54 Å². The van der Waals surface area contributed by atoms with Gasteiger partial charge in [0.2, 0.25) is 0 Å². The van der Waals surface area contributed by atoms with Gasteiger partial charge in [-0.1, -0.05) is 12.2 Å². The van der Waals surface area contributed by atoms with Crippen molar-refractivity contribution in [3.8, 4) is 0 Å². The number of hydrogen-bond acceptors (Lipinski definition) is 2. The number of rotatable bonds is 3. The van der Waals surface area contributed by atoms with Crippen LogP contribution in [-0.4, -0.2) is 17.6 Å². The van der Waals surface area contributed by atoms with Gasteiger partial charge in [0.1, 0.15) is 0 Å². The summed E-state index contributed by atoms with van der Waals surface area (Å²) in [4.78, 5) is 9.78. The van der Waals surface area contributed by atoms with Gasteiger partial charge in [0.15, 0.2) is 0 Å². The maximum atomic E-state index is 9.78. The maximum absolute atomic E-state index is 9.78. The van der Waals surface area contributed by atoms with E-state index in [1.807, 2.05) is 0 Å². The number of hydrogen-bond donors (Lipinski definition) is 2. The van der Waals surface area contributed by atoms with Crippen LogP contribution in [0, 0.1) is 0 Å². The van der Waals surface area contributed by atoms with Crippen molar-refractivity contribution in [1.82, 2.24) is 0 Å². The third-order valence-corrected chi connectivity index (χ3v) is 0.595. The summed E-state index contributed by atoms with van der Waals surface area (Å²) in [5, 5.41) is 8.05. The van der Waals surface area contributed by atoms with Gasteiger partial charge >= 0.3 is 5.97 Å². The second kappa shape index (κ2) is 4.33. The van der Waals surface area contributed by atoms with Crippen molar-refractivity contribution < 1.29 is 9.90 Å². The minimum atomic E-state index is -0.824. The Hall–Kier alpha value is -0.830. The molecule has 0 bridgehead atoms. The first-order valence-corrected chi connectivity index (χ1v) is 2.34. The van der Waals surface area contributed by atoms with Gasteiger partial charge in [-0.25, -0.2) is 0 Å². The average molecular weight is 115 g/mol. The van der Waals surface area contributed by atoms with Crippen LogP contribution in [-0.2, 0) is 4.79 Å². The molecule has 0 heterocycles. The first-order valence-electron chi connectivity index (χ1n) is 2.34. The van der Waals surface area contributed by atoms with Crippen LogP contribution in [0.25, 0.3) is 0 Å². The van der Waals surface area contributed by atoms with E-state index in [2.05, 4.69) is 0 Å². The third-order valence-electron chi connectivity index (χ3n) is 0.595. The van der Waals surface area contributed by atoms with Gasteiger partial charge in [0.05, 0.1) is 6.42 Å². The molecular formula is C5H9NO2. The first kappa shape index (κ1) is 7.17. The van der Waals surface area contributed by atoms with Crippen molar-refractivity contribution in [3.63, 3.8) is 0 Å². The molecule has 0 fully saturated rings. The molecule has 0 atom stereocenters. The van der Waals surface area contributed by atoms with Crippen molar-refractivity contribution in [2.45, 2.75) is 6.42 Å².